The van der Waals surface area contributed by atoms with Crippen LogP contribution in [0.5, 0.6) is 0 Å². The molecular weight excluding hydrogens is 248 g/mol. The maximum absolute atomic E-state index is 12.3. The largest absolute Gasteiger partial charge is 0.338 e. The predicted octanol–water partition coefficient (Wildman–Crippen LogP) is 3.86. The zero-order valence-electron chi connectivity index (χ0n) is 13.4. The fourth-order valence-electron chi connectivity index (χ4n) is 3.24. The van der Waals surface area contributed by atoms with Crippen LogP contribution in [0.4, 0.5) is 0 Å². The highest BCUT2D eigenvalue weighted by Gasteiger charge is 2.25. The minimum atomic E-state index is 0.343. The molecule has 0 aromatic carbocycles. The van der Waals surface area contributed by atoms with Gasteiger partial charge in [-0.05, 0) is 19.3 Å². The molecule has 2 N–H and O–H groups in total. The number of hydrogen-bond donors (Lipinski definition) is 1. The van der Waals surface area contributed by atoms with E-state index in [0.717, 1.165) is 19.4 Å². The Morgan fingerprint density at radius 2 is 1.65 bits per heavy atom. The van der Waals surface area contributed by atoms with Crippen molar-refractivity contribution in [3.05, 3.63) is 0 Å². The Kier molecular flexibility index (Phi) is 9.73. The molecule has 0 radical (unpaired) electrons. The van der Waals surface area contributed by atoms with E-state index in [9.17, 15) is 4.79 Å². The topological polar surface area (TPSA) is 46.3 Å². The molecule has 1 rings (SSSR count). The van der Waals surface area contributed by atoms with Crippen molar-refractivity contribution in [2.24, 2.45) is 5.73 Å². The van der Waals surface area contributed by atoms with Gasteiger partial charge in [0.2, 0.25) is 5.91 Å². The highest BCUT2D eigenvalue weighted by Crippen LogP contribution is 2.24. The summed E-state index contributed by atoms with van der Waals surface area (Å²) in [7, 11) is 0. The molecule has 0 bridgehead atoms. The van der Waals surface area contributed by atoms with E-state index in [0.29, 0.717) is 18.5 Å². The van der Waals surface area contributed by atoms with Gasteiger partial charge in [0, 0.05) is 25.6 Å². The Balaban J connectivity index is 2.14. The van der Waals surface area contributed by atoms with Crippen molar-refractivity contribution in [3.63, 3.8) is 0 Å². The zero-order valence-corrected chi connectivity index (χ0v) is 13.4. The molecular formula is C17H34N2O. The summed E-state index contributed by atoms with van der Waals surface area (Å²) in [4.78, 5) is 14.4. The summed E-state index contributed by atoms with van der Waals surface area (Å²) in [6, 6.07) is 0.482. The molecule has 0 spiro atoms. The van der Waals surface area contributed by atoms with Crippen LogP contribution < -0.4 is 5.73 Å². The van der Waals surface area contributed by atoms with Crippen LogP contribution in [0.1, 0.15) is 84.0 Å². The maximum Gasteiger partial charge on any atom is 0.222 e. The van der Waals surface area contributed by atoms with E-state index in [1.165, 1.54) is 64.2 Å². The highest BCUT2D eigenvalue weighted by molar-refractivity contribution is 5.76. The lowest BCUT2D eigenvalue weighted by molar-refractivity contribution is -0.133. The lowest BCUT2D eigenvalue weighted by Gasteiger charge is -2.28. The molecule has 0 aromatic heterocycles. The Hall–Kier alpha value is -0.570. The number of carbonyl (C=O) groups excluding carboxylic acids is 1. The third-order valence-electron chi connectivity index (χ3n) is 4.45. The van der Waals surface area contributed by atoms with E-state index in [2.05, 4.69) is 11.8 Å². The normalized spacial score (nSPS) is 15.7. The standard InChI is InChI=1S/C17H34N2O/c1-2-3-4-5-6-7-8-13-17(20)19(15-14-18)16-11-9-10-12-16/h16H,2-15,18H2,1H3. The van der Waals surface area contributed by atoms with Gasteiger partial charge in [-0.25, -0.2) is 0 Å². The molecule has 1 aliphatic carbocycles. The first-order valence-corrected chi connectivity index (χ1v) is 8.79. The molecule has 1 amide bonds. The van der Waals surface area contributed by atoms with Crippen molar-refractivity contribution < 1.29 is 4.79 Å². The van der Waals surface area contributed by atoms with Gasteiger partial charge >= 0.3 is 0 Å². The van der Waals surface area contributed by atoms with Crippen molar-refractivity contribution in [3.8, 4) is 0 Å². The Bertz CT molecular complexity index is 249. The predicted molar refractivity (Wildman–Crippen MR) is 85.6 cm³/mol. The van der Waals surface area contributed by atoms with Gasteiger partial charge in [-0.1, -0.05) is 58.3 Å². The molecule has 0 atom stereocenters. The first-order chi connectivity index (χ1) is 9.79. The van der Waals surface area contributed by atoms with Gasteiger partial charge in [0.1, 0.15) is 0 Å². The van der Waals surface area contributed by atoms with E-state index in [1.54, 1.807) is 0 Å². The Morgan fingerprint density at radius 1 is 1.05 bits per heavy atom. The molecule has 0 heterocycles. The maximum atomic E-state index is 12.3. The van der Waals surface area contributed by atoms with E-state index in [1.807, 2.05) is 0 Å². The summed E-state index contributed by atoms with van der Waals surface area (Å²) in [6.07, 6.45) is 14.5. The monoisotopic (exact) mass is 282 g/mol. The Labute approximate surface area is 125 Å². The first-order valence-electron chi connectivity index (χ1n) is 8.79. The number of rotatable bonds is 11. The molecule has 20 heavy (non-hydrogen) atoms. The van der Waals surface area contributed by atoms with Crippen LogP contribution in [0.25, 0.3) is 0 Å². The van der Waals surface area contributed by atoms with Gasteiger partial charge in [-0.3, -0.25) is 4.79 Å². The molecule has 3 heteroatoms. The third-order valence-corrected chi connectivity index (χ3v) is 4.45. The van der Waals surface area contributed by atoms with E-state index >= 15 is 0 Å². The van der Waals surface area contributed by atoms with Crippen LogP contribution in [0, 0.1) is 0 Å². The van der Waals surface area contributed by atoms with Gasteiger partial charge in [0.05, 0.1) is 0 Å². The Morgan fingerprint density at radius 3 is 2.25 bits per heavy atom. The minimum absolute atomic E-state index is 0.343. The summed E-state index contributed by atoms with van der Waals surface area (Å²) >= 11 is 0. The van der Waals surface area contributed by atoms with Crippen LogP contribution in [-0.2, 0) is 4.79 Å². The minimum Gasteiger partial charge on any atom is -0.338 e. The number of unbranched alkanes of at least 4 members (excludes halogenated alkanes) is 6. The number of nitrogens with two attached hydrogens (primary N) is 1. The molecule has 1 fully saturated rings. The van der Waals surface area contributed by atoms with Gasteiger partial charge in [0.15, 0.2) is 0 Å². The summed E-state index contributed by atoms with van der Waals surface area (Å²) in [5.74, 6) is 0.343. The van der Waals surface area contributed by atoms with Crippen LogP contribution in [0.15, 0.2) is 0 Å². The summed E-state index contributed by atoms with van der Waals surface area (Å²) in [5, 5.41) is 0. The second-order valence-corrected chi connectivity index (χ2v) is 6.19. The van der Waals surface area contributed by atoms with Crippen molar-refractivity contribution >= 4 is 5.91 Å². The molecule has 1 saturated carbocycles. The third kappa shape index (κ3) is 6.74. The molecule has 0 saturated heterocycles. The van der Waals surface area contributed by atoms with Crippen LogP contribution in [0.2, 0.25) is 0 Å². The number of nitrogens with zero attached hydrogens (tertiary/aromatic N) is 1. The van der Waals surface area contributed by atoms with E-state index in [-0.39, 0.29) is 0 Å². The quantitative estimate of drug-likeness (QED) is 0.585. The number of amides is 1. The number of carbonyl (C=O) groups is 1. The van der Waals surface area contributed by atoms with Crippen LogP contribution >= 0.6 is 0 Å². The van der Waals surface area contributed by atoms with E-state index in [4.69, 9.17) is 5.73 Å². The molecule has 0 unspecified atom stereocenters. The molecule has 118 valence electrons. The van der Waals surface area contributed by atoms with Crippen LogP contribution in [-0.4, -0.2) is 29.9 Å². The SMILES string of the molecule is CCCCCCCCCC(=O)N(CCN)C1CCCC1. The molecule has 3 nitrogen and oxygen atoms in total. The average Bonchev–Trinajstić information content (AvgIpc) is 2.97. The molecule has 0 aliphatic heterocycles. The molecule has 1 aliphatic rings. The second kappa shape index (κ2) is 11.1. The lowest BCUT2D eigenvalue weighted by atomic mass is 10.1. The average molecular weight is 282 g/mol. The zero-order chi connectivity index (χ0) is 14.6. The smallest absolute Gasteiger partial charge is 0.222 e. The van der Waals surface area contributed by atoms with Gasteiger partial charge in [0.25, 0.3) is 0 Å². The first kappa shape index (κ1) is 17.5. The number of hydrogen-bond acceptors (Lipinski definition) is 2. The van der Waals surface area contributed by atoms with Crippen molar-refractivity contribution in [1.82, 2.24) is 4.90 Å². The van der Waals surface area contributed by atoms with Gasteiger partial charge in [-0.2, -0.15) is 0 Å². The van der Waals surface area contributed by atoms with Crippen molar-refractivity contribution in [2.45, 2.75) is 90.0 Å². The lowest BCUT2D eigenvalue weighted by Crippen LogP contribution is -2.41. The fourth-order valence-corrected chi connectivity index (χ4v) is 3.24. The van der Waals surface area contributed by atoms with Gasteiger partial charge < -0.3 is 10.6 Å². The van der Waals surface area contributed by atoms with Crippen molar-refractivity contribution in [1.29, 1.82) is 0 Å². The summed E-state index contributed by atoms with van der Waals surface area (Å²) < 4.78 is 0. The van der Waals surface area contributed by atoms with Crippen molar-refractivity contribution in [2.75, 3.05) is 13.1 Å². The fraction of sp³-hybridized carbons (Fsp3) is 0.941. The van der Waals surface area contributed by atoms with E-state index < -0.39 is 0 Å². The summed E-state index contributed by atoms with van der Waals surface area (Å²) in [5.41, 5.74) is 5.66. The molecule has 0 aromatic rings. The van der Waals surface area contributed by atoms with Gasteiger partial charge in [-0.15, -0.1) is 0 Å². The highest BCUT2D eigenvalue weighted by atomic mass is 16.2. The summed E-state index contributed by atoms with van der Waals surface area (Å²) in [6.45, 7) is 3.59. The second-order valence-electron chi connectivity index (χ2n) is 6.19. The van der Waals surface area contributed by atoms with Crippen LogP contribution in [0.3, 0.4) is 0 Å².